The van der Waals surface area contributed by atoms with Crippen LogP contribution in [0.5, 0.6) is 0 Å². The maximum atomic E-state index is 12.1. The Hall–Kier alpha value is -2.35. The predicted octanol–water partition coefficient (Wildman–Crippen LogP) is 2.65. The van der Waals surface area contributed by atoms with E-state index in [1.54, 1.807) is 6.07 Å². The first-order valence-electron chi connectivity index (χ1n) is 12.6. The molecule has 7 nitrogen and oxygen atoms in total. The molecule has 0 radical (unpaired) electrons. The van der Waals surface area contributed by atoms with Gasteiger partial charge >= 0.3 is 5.97 Å². The molecule has 10 atom stereocenters. The summed E-state index contributed by atoms with van der Waals surface area (Å²) in [5, 5.41) is 24.1. The molecule has 6 aliphatic rings. The summed E-state index contributed by atoms with van der Waals surface area (Å²) in [6.45, 7) is 2.69. The zero-order valence-electron chi connectivity index (χ0n) is 19.9. The SMILES string of the molecule is CC[C@H]1[C@@H]2C[C@H]3[C@@H]4N(C)c5ccccc5[C@@]45C[C@@H]([C@H]2[C@@H]5O)[N@+]3(Cc2ccc(C(=O)OC)o2)[C@@H]1O. The number of carbonyl (C=O) groups excluding carboxylic acids is 1. The van der Waals surface area contributed by atoms with Crippen LogP contribution in [0.1, 0.15) is 48.1 Å². The molecule has 5 bridgehead atoms. The van der Waals surface area contributed by atoms with E-state index >= 15 is 0 Å². The van der Waals surface area contributed by atoms with Gasteiger partial charge in [-0.15, -0.1) is 0 Å². The van der Waals surface area contributed by atoms with Crippen LogP contribution in [-0.4, -0.2) is 65.3 Å². The normalized spacial score (nSPS) is 44.9. The topological polar surface area (TPSA) is 83.1 Å². The third-order valence-corrected chi connectivity index (χ3v) is 10.6. The molecule has 2 N–H and O–H groups in total. The second kappa shape index (κ2) is 6.65. The molecule has 7 heteroatoms. The highest BCUT2D eigenvalue weighted by Crippen LogP contribution is 2.71. The summed E-state index contributed by atoms with van der Waals surface area (Å²) < 4.78 is 11.3. The van der Waals surface area contributed by atoms with Crippen LogP contribution < -0.4 is 4.90 Å². The number of hydrogen-bond acceptors (Lipinski definition) is 6. The number of aliphatic hydroxyl groups is 2. The molecule has 180 valence electrons. The lowest BCUT2D eigenvalue weighted by atomic mass is 9.60. The number of aliphatic hydroxyl groups excluding tert-OH is 2. The molecule has 6 heterocycles. The van der Waals surface area contributed by atoms with Crippen molar-refractivity contribution >= 4 is 11.7 Å². The minimum absolute atomic E-state index is 0.119. The van der Waals surface area contributed by atoms with E-state index in [1.807, 2.05) is 6.07 Å². The Labute approximate surface area is 199 Å². The highest BCUT2D eigenvalue weighted by Gasteiger charge is 2.83. The van der Waals surface area contributed by atoms with Gasteiger partial charge in [0.2, 0.25) is 5.76 Å². The molecule has 8 rings (SSSR count). The predicted molar refractivity (Wildman–Crippen MR) is 124 cm³/mol. The summed E-state index contributed by atoms with van der Waals surface area (Å²) in [5.74, 6) is 1.04. The van der Waals surface area contributed by atoms with E-state index in [2.05, 4.69) is 43.1 Å². The summed E-state index contributed by atoms with van der Waals surface area (Å²) in [6.07, 6.45) is 1.83. The molecule has 1 aliphatic carbocycles. The lowest BCUT2D eigenvalue weighted by Crippen LogP contribution is -2.82. The number of anilines is 1. The van der Waals surface area contributed by atoms with Gasteiger partial charge in [-0.25, -0.2) is 4.79 Å². The van der Waals surface area contributed by atoms with Crippen molar-refractivity contribution in [3.63, 3.8) is 0 Å². The van der Waals surface area contributed by atoms with E-state index in [9.17, 15) is 15.0 Å². The molecule has 34 heavy (non-hydrogen) atoms. The number of hydrogen-bond donors (Lipinski definition) is 2. The lowest BCUT2D eigenvalue weighted by molar-refractivity contribution is -1.05. The maximum absolute atomic E-state index is 12.1. The van der Waals surface area contributed by atoms with E-state index in [4.69, 9.17) is 9.15 Å². The van der Waals surface area contributed by atoms with Gasteiger partial charge < -0.3 is 24.3 Å². The zero-order chi connectivity index (χ0) is 23.6. The maximum Gasteiger partial charge on any atom is 0.373 e. The van der Waals surface area contributed by atoms with Crippen molar-refractivity contribution in [3.8, 4) is 0 Å². The Morgan fingerprint density at radius 2 is 2.03 bits per heavy atom. The van der Waals surface area contributed by atoms with Gasteiger partial charge in [0.1, 0.15) is 12.6 Å². The van der Waals surface area contributed by atoms with Crippen molar-refractivity contribution in [1.29, 1.82) is 0 Å². The van der Waals surface area contributed by atoms with Gasteiger partial charge in [-0.2, -0.15) is 0 Å². The molecular formula is C27H33N2O5+. The Morgan fingerprint density at radius 1 is 1.24 bits per heavy atom. The van der Waals surface area contributed by atoms with Crippen molar-refractivity contribution in [2.24, 2.45) is 17.8 Å². The van der Waals surface area contributed by atoms with E-state index in [0.29, 0.717) is 22.7 Å². The third-order valence-electron chi connectivity index (χ3n) is 10.6. The summed E-state index contributed by atoms with van der Waals surface area (Å²) in [6, 6.07) is 12.6. The van der Waals surface area contributed by atoms with Crippen LogP contribution in [0.4, 0.5) is 5.69 Å². The molecule has 1 spiro atoms. The number of carbonyl (C=O) groups is 1. The molecule has 0 amide bonds. The Bertz CT molecular complexity index is 1180. The van der Waals surface area contributed by atoms with E-state index in [-0.39, 0.29) is 41.1 Å². The number of furan rings is 1. The highest BCUT2D eigenvalue weighted by atomic mass is 16.5. The van der Waals surface area contributed by atoms with E-state index in [1.165, 1.54) is 18.4 Å². The second-order valence-corrected chi connectivity index (χ2v) is 11.3. The molecule has 4 saturated heterocycles. The molecule has 1 aromatic carbocycles. The van der Waals surface area contributed by atoms with Crippen LogP contribution in [0.2, 0.25) is 0 Å². The number of methoxy groups -OCH3 is 1. The van der Waals surface area contributed by atoms with Crippen molar-refractivity contribution < 1.29 is 28.6 Å². The average molecular weight is 466 g/mol. The summed E-state index contributed by atoms with van der Waals surface area (Å²) in [5.41, 5.74) is 2.20. The van der Waals surface area contributed by atoms with Crippen LogP contribution in [0.3, 0.4) is 0 Å². The molecule has 5 aliphatic heterocycles. The molecule has 5 fully saturated rings. The summed E-state index contributed by atoms with van der Waals surface area (Å²) >= 11 is 0. The standard InChI is InChI=1S/C27H33N2O5/c1-4-15-16-11-19-23-27(17-7-5-6-8-18(17)28(23)2)12-20(22(16)24(27)30)29(19,25(15)31)13-14-9-10-21(34-14)26(32)33-3/h5-10,15-16,19-20,22-25,30-31H,4,11-13H2,1-3H3/q+1/t15-,16-,19-,20-,22-,23-,24-,25+,27-,29+/m0/s1. The monoisotopic (exact) mass is 465 g/mol. The number of esters is 1. The first-order valence-corrected chi connectivity index (χ1v) is 12.6. The van der Waals surface area contributed by atoms with Gasteiger partial charge in [0, 0.05) is 37.4 Å². The van der Waals surface area contributed by atoms with Crippen LogP contribution in [0, 0.1) is 17.8 Å². The fourth-order valence-electron chi connectivity index (χ4n) is 9.65. The average Bonchev–Trinajstić information content (AvgIpc) is 3.47. The van der Waals surface area contributed by atoms with E-state index < -0.39 is 18.3 Å². The van der Waals surface area contributed by atoms with Crippen LogP contribution in [-0.2, 0) is 16.7 Å². The number of likely N-dealkylation sites (N-methyl/N-ethyl adjacent to an activating group) is 1. The molecule has 1 saturated carbocycles. The molecule has 2 aromatic rings. The fraction of sp³-hybridized carbons (Fsp3) is 0.593. The smallest absolute Gasteiger partial charge is 0.373 e. The van der Waals surface area contributed by atoms with Crippen molar-refractivity contribution in [3.05, 3.63) is 53.5 Å². The first kappa shape index (κ1) is 21.0. The van der Waals surface area contributed by atoms with Gasteiger partial charge in [-0.05, 0) is 36.1 Å². The molecular weight excluding hydrogens is 432 g/mol. The molecule has 1 aromatic heterocycles. The Kier molecular flexibility index (Phi) is 4.10. The summed E-state index contributed by atoms with van der Waals surface area (Å²) in [7, 11) is 3.51. The fourth-order valence-corrected chi connectivity index (χ4v) is 9.65. The number of para-hydroxylation sites is 1. The van der Waals surface area contributed by atoms with E-state index in [0.717, 1.165) is 19.3 Å². The Balaban J connectivity index is 1.41. The van der Waals surface area contributed by atoms with Crippen molar-refractivity contribution in [1.82, 2.24) is 0 Å². The van der Waals surface area contributed by atoms with Crippen LogP contribution in [0.25, 0.3) is 0 Å². The number of fused-ring (bicyclic) bond motifs is 2. The van der Waals surface area contributed by atoms with Crippen LogP contribution in [0.15, 0.2) is 40.8 Å². The minimum atomic E-state index is -0.512. The van der Waals surface area contributed by atoms with Gasteiger partial charge in [0.05, 0.1) is 30.7 Å². The number of ether oxygens (including phenoxy) is 1. The lowest BCUT2D eigenvalue weighted by Gasteiger charge is -2.67. The minimum Gasteiger partial charge on any atom is -0.463 e. The highest BCUT2D eigenvalue weighted by molar-refractivity contribution is 5.86. The largest absolute Gasteiger partial charge is 0.463 e. The zero-order valence-corrected chi connectivity index (χ0v) is 19.9. The van der Waals surface area contributed by atoms with Gasteiger partial charge in [-0.3, -0.25) is 4.48 Å². The third kappa shape index (κ3) is 2.10. The number of benzene rings is 1. The van der Waals surface area contributed by atoms with Gasteiger partial charge in [0.25, 0.3) is 0 Å². The van der Waals surface area contributed by atoms with Crippen molar-refractivity contribution in [2.45, 2.75) is 68.6 Å². The van der Waals surface area contributed by atoms with Crippen LogP contribution >= 0.6 is 0 Å². The Morgan fingerprint density at radius 3 is 2.79 bits per heavy atom. The number of nitrogens with zero attached hydrogens (tertiary/aromatic N) is 2. The van der Waals surface area contributed by atoms with Gasteiger partial charge in [0.15, 0.2) is 12.0 Å². The quantitative estimate of drug-likeness (QED) is 0.534. The van der Waals surface area contributed by atoms with Crippen molar-refractivity contribution in [2.75, 3.05) is 19.1 Å². The number of rotatable bonds is 4. The second-order valence-electron chi connectivity index (χ2n) is 11.3. The van der Waals surface area contributed by atoms with Gasteiger partial charge in [-0.1, -0.05) is 25.1 Å². The number of piperidine rings is 4. The first-order chi connectivity index (χ1) is 16.4. The molecule has 0 unspecified atom stereocenters. The summed E-state index contributed by atoms with van der Waals surface area (Å²) in [4.78, 5) is 14.4. The number of quaternary nitrogens is 1.